The maximum Gasteiger partial charge on any atom is 0.335 e. The van der Waals surface area contributed by atoms with Crippen molar-refractivity contribution >= 4 is 11.9 Å². The highest BCUT2D eigenvalue weighted by molar-refractivity contribution is 5.87. The van der Waals surface area contributed by atoms with E-state index in [2.05, 4.69) is 0 Å². The fourth-order valence-electron chi connectivity index (χ4n) is 2.43. The van der Waals surface area contributed by atoms with Crippen molar-refractivity contribution in [1.82, 2.24) is 4.90 Å². The number of carbonyl (C=O) groups is 2. The Morgan fingerprint density at radius 1 is 1.29 bits per heavy atom. The molecule has 1 amide bonds. The average Bonchev–Trinajstić information content (AvgIpc) is 2.48. The monoisotopic (exact) mass is 291 g/mol. The summed E-state index contributed by atoms with van der Waals surface area (Å²) in [5.74, 6) is -0.885. The van der Waals surface area contributed by atoms with Crippen molar-refractivity contribution in [1.29, 1.82) is 0 Å². The van der Waals surface area contributed by atoms with Crippen LogP contribution < -0.4 is 0 Å². The Bertz CT molecular complexity index is 492. The number of amides is 1. The number of ether oxygens (including phenoxy) is 1. The van der Waals surface area contributed by atoms with E-state index in [1.54, 1.807) is 36.2 Å². The third kappa shape index (κ3) is 4.56. The van der Waals surface area contributed by atoms with Gasteiger partial charge in [-0.15, -0.1) is 0 Å². The molecule has 0 spiro atoms. The highest BCUT2D eigenvalue weighted by atomic mass is 16.5. The Morgan fingerprint density at radius 2 is 2.00 bits per heavy atom. The standard InChI is InChI=1S/C16H21NO4/c1-17(15(18)10-14-4-2-3-9-21-14)11-12-5-7-13(8-6-12)16(19)20/h5-8,14H,2-4,9-11H2,1H3,(H,19,20)/t14-/m1/s1. The highest BCUT2D eigenvalue weighted by Gasteiger charge is 2.20. The van der Waals surface area contributed by atoms with Crippen LogP contribution in [0.2, 0.25) is 0 Å². The van der Waals surface area contributed by atoms with Crippen LogP contribution in [0.4, 0.5) is 0 Å². The molecule has 1 aromatic carbocycles. The molecule has 0 radical (unpaired) electrons. The van der Waals surface area contributed by atoms with E-state index in [0.717, 1.165) is 31.4 Å². The van der Waals surface area contributed by atoms with Crippen molar-refractivity contribution < 1.29 is 19.4 Å². The largest absolute Gasteiger partial charge is 0.478 e. The van der Waals surface area contributed by atoms with Gasteiger partial charge in [-0.2, -0.15) is 0 Å². The van der Waals surface area contributed by atoms with Gasteiger partial charge in [0.1, 0.15) is 0 Å². The lowest BCUT2D eigenvalue weighted by molar-refractivity contribution is -0.134. The fourth-order valence-corrected chi connectivity index (χ4v) is 2.43. The summed E-state index contributed by atoms with van der Waals surface area (Å²) in [6, 6.07) is 6.59. The van der Waals surface area contributed by atoms with Crippen molar-refractivity contribution in [3.8, 4) is 0 Å². The zero-order valence-electron chi connectivity index (χ0n) is 12.2. The number of carboxylic acid groups (broad SMARTS) is 1. The number of aromatic carboxylic acids is 1. The quantitative estimate of drug-likeness (QED) is 0.904. The first kappa shape index (κ1) is 15.5. The second kappa shape index (κ2) is 7.22. The number of rotatable bonds is 5. The number of nitrogens with zero attached hydrogens (tertiary/aromatic N) is 1. The molecule has 5 nitrogen and oxygen atoms in total. The topological polar surface area (TPSA) is 66.8 Å². The van der Waals surface area contributed by atoms with E-state index in [1.165, 1.54) is 0 Å². The minimum Gasteiger partial charge on any atom is -0.478 e. The summed E-state index contributed by atoms with van der Waals surface area (Å²) in [5.41, 5.74) is 1.17. The van der Waals surface area contributed by atoms with E-state index in [-0.39, 0.29) is 17.6 Å². The van der Waals surface area contributed by atoms with Gasteiger partial charge >= 0.3 is 5.97 Å². The summed E-state index contributed by atoms with van der Waals surface area (Å²) >= 11 is 0. The van der Waals surface area contributed by atoms with Crippen molar-refractivity contribution in [3.05, 3.63) is 35.4 Å². The summed E-state index contributed by atoms with van der Waals surface area (Å²) in [7, 11) is 1.76. The van der Waals surface area contributed by atoms with Crippen molar-refractivity contribution in [2.24, 2.45) is 0 Å². The van der Waals surface area contributed by atoms with E-state index >= 15 is 0 Å². The first-order valence-electron chi connectivity index (χ1n) is 7.24. The van der Waals surface area contributed by atoms with Crippen LogP contribution >= 0.6 is 0 Å². The Labute approximate surface area is 124 Å². The van der Waals surface area contributed by atoms with Gasteiger partial charge in [0.15, 0.2) is 0 Å². The maximum atomic E-state index is 12.1. The molecular formula is C16H21NO4. The van der Waals surface area contributed by atoms with Gasteiger partial charge < -0.3 is 14.7 Å². The van der Waals surface area contributed by atoms with Crippen LogP contribution in [0.25, 0.3) is 0 Å². The van der Waals surface area contributed by atoms with E-state index in [4.69, 9.17) is 9.84 Å². The predicted octanol–water partition coefficient (Wildman–Crippen LogP) is 2.30. The highest BCUT2D eigenvalue weighted by Crippen LogP contribution is 2.17. The molecule has 0 aliphatic carbocycles. The van der Waals surface area contributed by atoms with Crippen LogP contribution in [0.3, 0.4) is 0 Å². The predicted molar refractivity (Wildman–Crippen MR) is 78.1 cm³/mol. The summed E-state index contributed by atoms with van der Waals surface area (Å²) < 4.78 is 5.58. The van der Waals surface area contributed by atoms with Crippen molar-refractivity contribution in [3.63, 3.8) is 0 Å². The van der Waals surface area contributed by atoms with Crippen molar-refractivity contribution in [2.45, 2.75) is 38.3 Å². The second-order valence-electron chi connectivity index (χ2n) is 5.44. The van der Waals surface area contributed by atoms with Crippen LogP contribution in [0.5, 0.6) is 0 Å². The molecule has 0 bridgehead atoms. The molecule has 1 fully saturated rings. The minimum atomic E-state index is -0.944. The molecule has 21 heavy (non-hydrogen) atoms. The van der Waals surface area contributed by atoms with Gasteiger partial charge in [0.2, 0.25) is 5.91 Å². The first-order valence-corrected chi connectivity index (χ1v) is 7.24. The van der Waals surface area contributed by atoms with E-state index < -0.39 is 5.97 Å². The van der Waals surface area contributed by atoms with Crippen LogP contribution in [0.1, 0.15) is 41.6 Å². The number of benzene rings is 1. The average molecular weight is 291 g/mol. The zero-order chi connectivity index (χ0) is 15.2. The third-order valence-corrected chi connectivity index (χ3v) is 3.72. The molecule has 1 saturated heterocycles. The van der Waals surface area contributed by atoms with Gasteiger partial charge in [-0.3, -0.25) is 4.79 Å². The molecule has 0 unspecified atom stereocenters. The smallest absolute Gasteiger partial charge is 0.335 e. The maximum absolute atomic E-state index is 12.1. The molecule has 1 aromatic rings. The first-order chi connectivity index (χ1) is 10.1. The van der Waals surface area contributed by atoms with Gasteiger partial charge in [0.25, 0.3) is 0 Å². The Kier molecular flexibility index (Phi) is 5.33. The van der Waals surface area contributed by atoms with E-state index in [1.807, 2.05) is 0 Å². The number of hydrogen-bond donors (Lipinski definition) is 1. The number of carbonyl (C=O) groups excluding carboxylic acids is 1. The van der Waals surface area contributed by atoms with Gasteiger partial charge in [0.05, 0.1) is 18.1 Å². The van der Waals surface area contributed by atoms with E-state index in [9.17, 15) is 9.59 Å². The summed E-state index contributed by atoms with van der Waals surface area (Å²) in [5, 5.41) is 8.85. The molecule has 2 rings (SSSR count). The lowest BCUT2D eigenvalue weighted by Gasteiger charge is -2.25. The zero-order valence-corrected chi connectivity index (χ0v) is 12.2. The van der Waals surface area contributed by atoms with Crippen molar-refractivity contribution in [2.75, 3.05) is 13.7 Å². The molecule has 5 heteroatoms. The van der Waals surface area contributed by atoms with Gasteiger partial charge in [-0.05, 0) is 37.0 Å². The van der Waals surface area contributed by atoms with Gasteiger partial charge in [-0.1, -0.05) is 12.1 Å². The fraction of sp³-hybridized carbons (Fsp3) is 0.500. The molecule has 1 heterocycles. The van der Waals surface area contributed by atoms with Crippen LogP contribution in [0, 0.1) is 0 Å². The molecule has 1 aliphatic heterocycles. The minimum absolute atomic E-state index is 0.0445. The van der Waals surface area contributed by atoms with Gasteiger partial charge in [0, 0.05) is 20.2 Å². The normalized spacial score (nSPS) is 18.2. The van der Waals surface area contributed by atoms with Crippen LogP contribution in [-0.4, -0.2) is 41.6 Å². The van der Waals surface area contributed by atoms with Crippen LogP contribution in [-0.2, 0) is 16.1 Å². The molecule has 1 aliphatic rings. The van der Waals surface area contributed by atoms with Gasteiger partial charge in [-0.25, -0.2) is 4.79 Å². The SMILES string of the molecule is CN(Cc1ccc(C(=O)O)cc1)C(=O)C[C@H]1CCCCO1. The summed E-state index contributed by atoms with van der Waals surface area (Å²) in [6.07, 6.45) is 3.62. The molecule has 0 saturated carbocycles. The molecule has 1 N–H and O–H groups in total. The Morgan fingerprint density at radius 3 is 2.57 bits per heavy atom. The lowest BCUT2D eigenvalue weighted by atomic mass is 10.1. The Hall–Kier alpha value is -1.88. The summed E-state index contributed by atoms with van der Waals surface area (Å²) in [4.78, 5) is 24.6. The van der Waals surface area contributed by atoms with E-state index in [0.29, 0.717) is 13.0 Å². The number of carboxylic acids is 1. The molecule has 0 aromatic heterocycles. The third-order valence-electron chi connectivity index (χ3n) is 3.72. The summed E-state index contributed by atoms with van der Waals surface area (Å²) in [6.45, 7) is 1.23. The van der Waals surface area contributed by atoms with Crippen LogP contribution in [0.15, 0.2) is 24.3 Å². The molecule has 114 valence electrons. The molecule has 1 atom stereocenters. The Balaban J connectivity index is 1.86. The lowest BCUT2D eigenvalue weighted by Crippen LogP contribution is -2.31. The second-order valence-corrected chi connectivity index (χ2v) is 5.44. The number of hydrogen-bond acceptors (Lipinski definition) is 3. The molecular weight excluding hydrogens is 270 g/mol.